The molecule has 5 heterocycles. The molecule has 3 aromatic heterocycles. The van der Waals surface area contributed by atoms with E-state index in [9.17, 15) is 18.0 Å². The Morgan fingerprint density at radius 1 is 1.21 bits per heavy atom. The van der Waals surface area contributed by atoms with Crippen molar-refractivity contribution in [1.29, 1.82) is 0 Å². The molecule has 222 valence electrons. The highest BCUT2D eigenvalue weighted by Gasteiger charge is 2.39. The molecule has 3 unspecified atom stereocenters. The average molecular weight is 633 g/mol. The molecule has 1 saturated heterocycles. The topological polar surface area (TPSA) is 182 Å². The molecule has 14 nitrogen and oxygen atoms in total. The molecule has 17 heteroatoms. The van der Waals surface area contributed by atoms with Gasteiger partial charge in [-0.3, -0.25) is 9.59 Å². The normalized spacial score (nSPS) is 21.4. The highest BCUT2D eigenvalue weighted by Crippen LogP contribution is 2.33. The number of amides is 2. The van der Waals surface area contributed by atoms with E-state index in [0.717, 1.165) is 10.6 Å². The lowest BCUT2D eigenvalue weighted by Gasteiger charge is -2.40. The number of carbonyl (C=O) groups excluding carboxylic acids is 2. The Morgan fingerprint density at radius 3 is 2.83 bits per heavy atom. The summed E-state index contributed by atoms with van der Waals surface area (Å²) in [6.45, 7) is 4.92. The van der Waals surface area contributed by atoms with Crippen LogP contribution in [0.15, 0.2) is 29.3 Å². The van der Waals surface area contributed by atoms with E-state index in [1.165, 1.54) is 21.7 Å². The number of fused-ring (bicyclic) bond motifs is 2. The summed E-state index contributed by atoms with van der Waals surface area (Å²) in [6, 6.07) is 6.11. The molecule has 0 spiro atoms. The fraction of sp³-hybridized carbons (Fsp3) is 0.440. The summed E-state index contributed by atoms with van der Waals surface area (Å²) in [5.74, 6) is -0.255. The molecule has 3 atom stereocenters. The second kappa shape index (κ2) is 11.3. The van der Waals surface area contributed by atoms with Crippen molar-refractivity contribution in [1.82, 2.24) is 50.4 Å². The largest absolute Gasteiger partial charge is 0.349 e. The Hall–Kier alpha value is -3.44. The van der Waals surface area contributed by atoms with Crippen molar-refractivity contribution < 1.29 is 18.0 Å². The number of nitrogens with one attached hydrogen (secondary N) is 4. The predicted molar refractivity (Wildman–Crippen MR) is 154 cm³/mol. The van der Waals surface area contributed by atoms with Gasteiger partial charge in [0.25, 0.3) is 15.9 Å². The Labute approximate surface area is 250 Å². The van der Waals surface area contributed by atoms with Crippen molar-refractivity contribution >= 4 is 55.7 Å². The number of nitrogens with zero attached hydrogens (tertiary/aromatic N) is 6. The van der Waals surface area contributed by atoms with Gasteiger partial charge in [-0.15, -0.1) is 21.5 Å². The van der Waals surface area contributed by atoms with E-state index in [2.05, 4.69) is 50.1 Å². The Morgan fingerprint density at radius 2 is 2.05 bits per heavy atom. The van der Waals surface area contributed by atoms with Crippen molar-refractivity contribution in [3.63, 3.8) is 0 Å². The fourth-order valence-electron chi connectivity index (χ4n) is 5.29. The van der Waals surface area contributed by atoms with Gasteiger partial charge in [-0.25, -0.2) is 13.4 Å². The third-order valence-corrected chi connectivity index (χ3v) is 10.9. The zero-order chi connectivity index (χ0) is 29.6. The lowest BCUT2D eigenvalue weighted by Crippen LogP contribution is -2.57. The Balaban J connectivity index is 1.25. The number of halogens is 1. The van der Waals surface area contributed by atoms with Crippen LogP contribution in [0.2, 0.25) is 5.02 Å². The summed E-state index contributed by atoms with van der Waals surface area (Å²) >= 11 is 7.43. The molecule has 0 bridgehead atoms. The van der Waals surface area contributed by atoms with E-state index in [1.54, 1.807) is 23.1 Å². The summed E-state index contributed by atoms with van der Waals surface area (Å²) in [6.07, 6.45) is -0.127. The van der Waals surface area contributed by atoms with Crippen molar-refractivity contribution in [3.8, 4) is 0 Å². The Kier molecular flexibility index (Phi) is 7.74. The number of benzene rings is 1. The van der Waals surface area contributed by atoms with Crippen LogP contribution in [0.5, 0.6) is 0 Å². The second-order valence-corrected chi connectivity index (χ2v) is 13.9. The summed E-state index contributed by atoms with van der Waals surface area (Å²) in [5.41, 5.74) is 1.54. The molecule has 4 N–H and O–H groups in total. The number of tetrazole rings is 1. The minimum Gasteiger partial charge on any atom is -0.349 e. The van der Waals surface area contributed by atoms with Crippen LogP contribution >= 0.6 is 22.9 Å². The van der Waals surface area contributed by atoms with Crippen LogP contribution < -0.4 is 10.6 Å². The van der Waals surface area contributed by atoms with Gasteiger partial charge in [-0.05, 0) is 31.2 Å². The van der Waals surface area contributed by atoms with Gasteiger partial charge in [0.05, 0.1) is 18.3 Å². The third kappa shape index (κ3) is 5.51. The number of thiazole rings is 1. The molecular formula is C25H29ClN10O4S2. The van der Waals surface area contributed by atoms with Crippen LogP contribution in [-0.4, -0.2) is 91.7 Å². The molecule has 42 heavy (non-hydrogen) atoms. The maximum Gasteiger partial charge on any atom is 0.283 e. The van der Waals surface area contributed by atoms with E-state index in [1.807, 2.05) is 0 Å². The van der Waals surface area contributed by atoms with E-state index in [-0.39, 0.29) is 61.4 Å². The van der Waals surface area contributed by atoms with Gasteiger partial charge >= 0.3 is 0 Å². The number of aromatic amines is 2. The maximum atomic E-state index is 13.8. The standard InChI is InChI=1S/C25H29ClN10O4S2/c1-13-14(2)27-10-19-23(13)30-24(41-19)25(38)36-6-5-35(12-17(36)9-21(37)28-11-20-31-33-34-32-20)42(39,40)22-8-15-7-16(26)3-4-18(15)29-22/h3-4,7-8,13-14,17,27,29H,5-6,9-12H2,1-2H3,(H,28,37)(H,31,32,33,34). The van der Waals surface area contributed by atoms with Gasteiger partial charge in [-0.1, -0.05) is 23.7 Å². The summed E-state index contributed by atoms with van der Waals surface area (Å²) in [5, 5.41) is 21.1. The first kappa shape index (κ1) is 28.7. The lowest BCUT2D eigenvalue weighted by molar-refractivity contribution is -0.122. The second-order valence-electron chi connectivity index (χ2n) is 10.5. The number of carbonyl (C=O) groups is 2. The number of sulfonamides is 1. The first-order valence-electron chi connectivity index (χ1n) is 13.4. The van der Waals surface area contributed by atoms with Gasteiger partial charge < -0.3 is 20.5 Å². The lowest BCUT2D eigenvalue weighted by atomic mass is 9.95. The minimum absolute atomic E-state index is 0.0167. The number of hydrogen-bond donors (Lipinski definition) is 4. The highest BCUT2D eigenvalue weighted by molar-refractivity contribution is 7.89. The molecule has 6 rings (SSSR count). The minimum atomic E-state index is -3.97. The molecule has 0 aliphatic carbocycles. The van der Waals surface area contributed by atoms with E-state index in [0.29, 0.717) is 33.3 Å². The molecule has 1 fully saturated rings. The first-order valence-corrected chi connectivity index (χ1v) is 16.0. The van der Waals surface area contributed by atoms with Gasteiger partial charge in [0.2, 0.25) is 5.91 Å². The van der Waals surface area contributed by atoms with Crippen molar-refractivity contribution in [3.05, 3.63) is 50.7 Å². The van der Waals surface area contributed by atoms with Crippen LogP contribution in [0.4, 0.5) is 0 Å². The van der Waals surface area contributed by atoms with Gasteiger partial charge in [0.1, 0.15) is 5.03 Å². The molecule has 2 amide bonds. The van der Waals surface area contributed by atoms with Crippen molar-refractivity contribution in [2.45, 2.75) is 56.4 Å². The molecule has 2 aliphatic rings. The van der Waals surface area contributed by atoms with Crippen molar-refractivity contribution in [2.24, 2.45) is 0 Å². The highest BCUT2D eigenvalue weighted by atomic mass is 35.5. The van der Waals surface area contributed by atoms with E-state index >= 15 is 0 Å². The van der Waals surface area contributed by atoms with E-state index in [4.69, 9.17) is 16.6 Å². The monoisotopic (exact) mass is 632 g/mol. The molecule has 2 aliphatic heterocycles. The Bertz CT molecular complexity index is 1740. The van der Waals surface area contributed by atoms with E-state index < -0.39 is 16.1 Å². The predicted octanol–water partition coefficient (Wildman–Crippen LogP) is 1.61. The van der Waals surface area contributed by atoms with Gasteiger partial charge in [-0.2, -0.15) is 9.52 Å². The maximum absolute atomic E-state index is 13.8. The number of piperazine rings is 1. The molecule has 0 saturated carbocycles. The SMILES string of the molecule is CC1NCc2sc(C(=O)N3CCN(S(=O)(=O)c4cc5cc(Cl)ccc5[nH]4)CC3CC(=O)NCc3nn[nH]n3)nc2C1C. The summed E-state index contributed by atoms with van der Waals surface area (Å²) < 4.78 is 28.7. The summed E-state index contributed by atoms with van der Waals surface area (Å²) in [4.78, 5) is 37.0. The average Bonchev–Trinajstić information content (AvgIpc) is 3.73. The number of aromatic nitrogens is 6. The van der Waals surface area contributed by atoms with Crippen LogP contribution in [0.3, 0.4) is 0 Å². The third-order valence-electron chi connectivity index (χ3n) is 7.81. The molecule has 0 radical (unpaired) electrons. The first-order chi connectivity index (χ1) is 20.1. The zero-order valence-corrected chi connectivity index (χ0v) is 25.2. The van der Waals surface area contributed by atoms with Crippen LogP contribution in [0, 0.1) is 0 Å². The van der Waals surface area contributed by atoms with Crippen LogP contribution in [0.25, 0.3) is 10.9 Å². The van der Waals surface area contributed by atoms with Crippen LogP contribution in [-0.2, 0) is 27.9 Å². The molecular weight excluding hydrogens is 604 g/mol. The number of hydrogen-bond acceptors (Lipinski definition) is 10. The van der Waals surface area contributed by atoms with Crippen molar-refractivity contribution in [2.75, 3.05) is 19.6 Å². The van der Waals surface area contributed by atoms with Crippen LogP contribution in [0.1, 0.15) is 52.4 Å². The smallest absolute Gasteiger partial charge is 0.283 e. The fourth-order valence-corrected chi connectivity index (χ4v) is 8.03. The van der Waals surface area contributed by atoms with Gasteiger partial charge in [0.15, 0.2) is 10.8 Å². The molecule has 1 aromatic carbocycles. The van der Waals surface area contributed by atoms with Gasteiger partial charge in [0, 0.05) is 65.4 Å². The molecule has 4 aromatic rings. The zero-order valence-electron chi connectivity index (χ0n) is 22.8. The summed E-state index contributed by atoms with van der Waals surface area (Å²) in [7, 11) is -3.97. The number of H-pyrrole nitrogens is 2. The quantitative estimate of drug-likeness (QED) is 0.235. The number of rotatable bonds is 7.